The van der Waals surface area contributed by atoms with Gasteiger partial charge in [0.05, 0.1) is 5.69 Å². The summed E-state index contributed by atoms with van der Waals surface area (Å²) in [6.07, 6.45) is -1.35. The lowest BCUT2D eigenvalue weighted by Gasteiger charge is -2.24. The smallest absolute Gasteiger partial charge is 0.334 e. The van der Waals surface area contributed by atoms with Crippen molar-refractivity contribution in [3.05, 3.63) is 47.8 Å². The first kappa shape index (κ1) is 17.5. The van der Waals surface area contributed by atoms with Crippen molar-refractivity contribution in [2.75, 3.05) is 20.1 Å². The van der Waals surface area contributed by atoms with Gasteiger partial charge in [-0.25, -0.2) is 4.68 Å². The van der Waals surface area contributed by atoms with Crippen molar-refractivity contribution in [1.82, 2.24) is 20.0 Å². The zero-order valence-corrected chi connectivity index (χ0v) is 13.8. The van der Waals surface area contributed by atoms with Gasteiger partial charge in [0.25, 0.3) is 5.91 Å². The number of hydrogen-bond acceptors (Lipinski definition) is 3. The van der Waals surface area contributed by atoms with Crippen LogP contribution in [0.4, 0.5) is 13.2 Å². The van der Waals surface area contributed by atoms with E-state index in [-0.39, 0.29) is 11.9 Å². The highest BCUT2D eigenvalue weighted by Gasteiger charge is 2.34. The molecule has 5 nitrogen and oxygen atoms in total. The van der Waals surface area contributed by atoms with Crippen LogP contribution in [0.15, 0.2) is 36.5 Å². The Labute approximate surface area is 143 Å². The molecular formula is C17H19F3N4O. The van der Waals surface area contributed by atoms with Crippen LogP contribution in [-0.2, 0) is 6.18 Å². The van der Waals surface area contributed by atoms with E-state index in [0.717, 1.165) is 30.1 Å². The van der Waals surface area contributed by atoms with Gasteiger partial charge in [0.1, 0.15) is 0 Å². The molecule has 0 aliphatic carbocycles. The molecule has 0 bridgehead atoms. The average molecular weight is 352 g/mol. The normalized spacial score (nSPS) is 17.9. The lowest BCUT2D eigenvalue weighted by Crippen LogP contribution is -2.40. The monoisotopic (exact) mass is 352 g/mol. The maximum Gasteiger partial charge on any atom is 0.435 e. The highest BCUT2D eigenvalue weighted by molar-refractivity contribution is 5.95. The third-order valence-electron chi connectivity index (χ3n) is 4.31. The lowest BCUT2D eigenvalue weighted by atomic mass is 10.1. The Balaban J connectivity index is 1.84. The van der Waals surface area contributed by atoms with Gasteiger partial charge >= 0.3 is 6.18 Å². The Bertz CT molecular complexity index is 756. The summed E-state index contributed by atoms with van der Waals surface area (Å²) in [4.78, 5) is 14.6. The molecule has 0 saturated carbocycles. The molecule has 1 atom stereocenters. The number of amides is 1. The Morgan fingerprint density at radius 1 is 1.36 bits per heavy atom. The summed E-state index contributed by atoms with van der Waals surface area (Å²) >= 11 is 0. The van der Waals surface area contributed by atoms with Gasteiger partial charge in [-0.15, -0.1) is 0 Å². The second kappa shape index (κ2) is 6.87. The number of alkyl halides is 3. The molecule has 134 valence electrons. The van der Waals surface area contributed by atoms with Crippen molar-refractivity contribution in [3.8, 4) is 5.69 Å². The van der Waals surface area contributed by atoms with E-state index in [2.05, 4.69) is 10.4 Å². The van der Waals surface area contributed by atoms with Crippen LogP contribution >= 0.6 is 0 Å². The molecule has 1 fully saturated rings. The summed E-state index contributed by atoms with van der Waals surface area (Å²) in [7, 11) is 1.84. The minimum Gasteiger partial charge on any atom is -0.334 e. The summed E-state index contributed by atoms with van der Waals surface area (Å²) in [6.45, 7) is 1.41. The molecule has 1 amide bonds. The van der Waals surface area contributed by atoms with Crippen LogP contribution in [0.1, 0.15) is 28.9 Å². The van der Waals surface area contributed by atoms with Crippen LogP contribution < -0.4 is 5.32 Å². The van der Waals surface area contributed by atoms with E-state index >= 15 is 0 Å². The Morgan fingerprint density at radius 2 is 2.16 bits per heavy atom. The van der Waals surface area contributed by atoms with E-state index in [1.54, 1.807) is 24.3 Å². The fourth-order valence-corrected chi connectivity index (χ4v) is 3.12. The van der Waals surface area contributed by atoms with Crippen LogP contribution in [-0.4, -0.2) is 46.8 Å². The first-order chi connectivity index (χ1) is 11.9. The van der Waals surface area contributed by atoms with Crippen molar-refractivity contribution in [1.29, 1.82) is 0 Å². The fourth-order valence-electron chi connectivity index (χ4n) is 3.12. The summed E-state index contributed by atoms with van der Waals surface area (Å²) < 4.78 is 39.2. The van der Waals surface area contributed by atoms with Crippen molar-refractivity contribution < 1.29 is 18.0 Å². The van der Waals surface area contributed by atoms with Crippen LogP contribution in [0.3, 0.4) is 0 Å². The number of carbonyl (C=O) groups is 1. The number of nitrogens with zero attached hydrogens (tertiary/aromatic N) is 3. The maximum absolute atomic E-state index is 12.8. The minimum atomic E-state index is -4.49. The lowest BCUT2D eigenvalue weighted by molar-refractivity contribution is -0.141. The zero-order valence-electron chi connectivity index (χ0n) is 13.8. The molecular weight excluding hydrogens is 333 g/mol. The van der Waals surface area contributed by atoms with E-state index in [1.807, 2.05) is 11.9 Å². The molecule has 1 aromatic carbocycles. The largest absolute Gasteiger partial charge is 0.435 e. The minimum absolute atomic E-state index is 0.109. The van der Waals surface area contributed by atoms with Crippen LogP contribution in [0.5, 0.6) is 0 Å². The molecule has 0 spiro atoms. The predicted octanol–water partition coefficient (Wildman–Crippen LogP) is 2.72. The second-order valence-corrected chi connectivity index (χ2v) is 6.05. The van der Waals surface area contributed by atoms with Gasteiger partial charge in [-0.2, -0.15) is 18.3 Å². The van der Waals surface area contributed by atoms with Gasteiger partial charge in [-0.05, 0) is 44.2 Å². The first-order valence-electron chi connectivity index (χ1n) is 8.09. The molecule has 1 aliphatic heterocycles. The number of halogens is 3. The van der Waals surface area contributed by atoms with E-state index in [1.165, 1.54) is 6.20 Å². The highest BCUT2D eigenvalue weighted by Crippen LogP contribution is 2.28. The molecule has 1 aromatic heterocycles. The van der Waals surface area contributed by atoms with Crippen LogP contribution in [0.25, 0.3) is 5.69 Å². The van der Waals surface area contributed by atoms with Crippen molar-refractivity contribution in [3.63, 3.8) is 0 Å². The number of hydrogen-bond donors (Lipinski definition) is 1. The number of likely N-dealkylation sites (tertiary alicyclic amines) is 1. The predicted molar refractivity (Wildman–Crippen MR) is 86.6 cm³/mol. The summed E-state index contributed by atoms with van der Waals surface area (Å²) in [5.74, 6) is -0.109. The van der Waals surface area contributed by atoms with Gasteiger partial charge in [0.2, 0.25) is 0 Å². The van der Waals surface area contributed by atoms with Gasteiger partial charge in [-0.3, -0.25) is 4.79 Å². The van der Waals surface area contributed by atoms with Gasteiger partial charge in [0.15, 0.2) is 5.69 Å². The zero-order chi connectivity index (χ0) is 18.0. The number of likely N-dealkylation sites (N-methyl/N-ethyl adjacent to an activating group) is 1. The molecule has 0 radical (unpaired) electrons. The van der Waals surface area contributed by atoms with Gasteiger partial charge in [0, 0.05) is 30.9 Å². The number of rotatable bonds is 4. The average Bonchev–Trinajstić information content (AvgIpc) is 3.24. The van der Waals surface area contributed by atoms with Crippen LogP contribution in [0.2, 0.25) is 0 Å². The van der Waals surface area contributed by atoms with Gasteiger partial charge in [-0.1, -0.05) is 6.07 Å². The number of benzene rings is 1. The number of carbonyl (C=O) groups excluding carboxylic acids is 1. The van der Waals surface area contributed by atoms with E-state index in [0.29, 0.717) is 17.8 Å². The third-order valence-corrected chi connectivity index (χ3v) is 4.31. The number of nitrogens with one attached hydrogen (secondary N) is 1. The topological polar surface area (TPSA) is 50.2 Å². The van der Waals surface area contributed by atoms with Crippen molar-refractivity contribution >= 4 is 5.91 Å². The molecule has 1 N–H and O–H groups in total. The van der Waals surface area contributed by atoms with Crippen LogP contribution in [0, 0.1) is 0 Å². The summed E-state index contributed by atoms with van der Waals surface area (Å²) in [5, 5.41) is 6.64. The van der Waals surface area contributed by atoms with E-state index < -0.39 is 11.9 Å². The van der Waals surface area contributed by atoms with E-state index in [9.17, 15) is 18.0 Å². The molecule has 25 heavy (non-hydrogen) atoms. The highest BCUT2D eigenvalue weighted by atomic mass is 19.4. The SMILES string of the molecule is CNCC1CCCN1C(=O)c1cccc(-n2ccc(C(F)(F)F)n2)c1. The second-order valence-electron chi connectivity index (χ2n) is 6.05. The van der Waals surface area contributed by atoms with Gasteiger partial charge < -0.3 is 10.2 Å². The third kappa shape index (κ3) is 3.68. The number of aromatic nitrogens is 2. The molecule has 1 aliphatic rings. The van der Waals surface area contributed by atoms with E-state index in [4.69, 9.17) is 0 Å². The first-order valence-corrected chi connectivity index (χ1v) is 8.09. The maximum atomic E-state index is 12.8. The summed E-state index contributed by atoms with van der Waals surface area (Å²) in [5.41, 5.74) is -0.0897. The molecule has 1 saturated heterocycles. The Kier molecular flexibility index (Phi) is 4.80. The van der Waals surface area contributed by atoms with Crippen molar-refractivity contribution in [2.24, 2.45) is 0 Å². The molecule has 1 unspecified atom stereocenters. The standard InChI is InChI=1S/C17H19F3N4O/c1-21-11-14-6-3-8-23(14)16(25)12-4-2-5-13(10-12)24-9-7-15(22-24)17(18,19)20/h2,4-5,7,9-10,14,21H,3,6,8,11H2,1H3. The Hall–Kier alpha value is -2.35. The fraction of sp³-hybridized carbons (Fsp3) is 0.412. The molecule has 8 heteroatoms. The molecule has 3 rings (SSSR count). The van der Waals surface area contributed by atoms with Crippen molar-refractivity contribution in [2.45, 2.75) is 25.1 Å². The Morgan fingerprint density at radius 3 is 2.84 bits per heavy atom. The molecule has 2 aromatic rings. The summed E-state index contributed by atoms with van der Waals surface area (Å²) in [6, 6.07) is 7.58. The quantitative estimate of drug-likeness (QED) is 0.921. The molecule has 2 heterocycles.